The molecule has 0 radical (unpaired) electrons. The van der Waals surface area contributed by atoms with Gasteiger partial charge >= 0.3 is 0 Å². The molecule has 0 bridgehead atoms. The molecule has 15 heavy (non-hydrogen) atoms. The van der Waals surface area contributed by atoms with Crippen LogP contribution in [-0.2, 0) is 0 Å². The summed E-state index contributed by atoms with van der Waals surface area (Å²) in [5.74, 6) is 0.170. The van der Waals surface area contributed by atoms with Crippen LogP contribution in [-0.4, -0.2) is 4.98 Å². The summed E-state index contributed by atoms with van der Waals surface area (Å²) in [6.07, 6.45) is 9.18. The molecule has 0 amide bonds. The Bertz CT molecular complexity index is 286. The Hall–Kier alpha value is -0.920. The molecule has 1 unspecified atom stereocenters. The minimum atomic E-state index is -0.118. The first-order valence-corrected chi connectivity index (χ1v) is 5.85. The number of rotatable bonds is 6. The first-order chi connectivity index (χ1) is 7.25. The Labute approximate surface area is 91.7 Å². The fraction of sp³-hybridized carbons (Fsp3) is 0.615. The third kappa shape index (κ3) is 3.98. The van der Waals surface area contributed by atoms with Crippen molar-refractivity contribution in [3.63, 3.8) is 0 Å². The molecule has 1 atom stereocenters. The van der Waals surface area contributed by atoms with Crippen molar-refractivity contribution in [2.24, 2.45) is 0 Å². The van der Waals surface area contributed by atoms with Gasteiger partial charge in [0, 0.05) is 18.0 Å². The second-order valence-corrected chi connectivity index (χ2v) is 4.15. The van der Waals surface area contributed by atoms with Crippen molar-refractivity contribution in [2.75, 3.05) is 0 Å². The van der Waals surface area contributed by atoms with Crippen molar-refractivity contribution in [3.8, 4) is 0 Å². The molecule has 0 fully saturated rings. The molecule has 1 nitrogen and oxygen atoms in total. The van der Waals surface area contributed by atoms with Gasteiger partial charge in [0.1, 0.15) is 5.82 Å². The zero-order valence-corrected chi connectivity index (χ0v) is 9.67. The van der Waals surface area contributed by atoms with Crippen molar-refractivity contribution < 1.29 is 4.39 Å². The number of nitrogens with zero attached hydrogens (tertiary/aromatic N) is 1. The summed E-state index contributed by atoms with van der Waals surface area (Å²) in [4.78, 5) is 3.97. The summed E-state index contributed by atoms with van der Waals surface area (Å²) in [6.45, 7) is 4.27. The molecule has 0 aromatic carbocycles. The average molecular weight is 209 g/mol. The average Bonchev–Trinajstić information content (AvgIpc) is 2.25. The number of aromatic nitrogens is 1. The van der Waals surface area contributed by atoms with Gasteiger partial charge in [-0.15, -0.1) is 0 Å². The molecule has 0 aliphatic carbocycles. The first-order valence-electron chi connectivity index (χ1n) is 5.85. The highest BCUT2D eigenvalue weighted by molar-refractivity contribution is 5.16. The second kappa shape index (κ2) is 6.54. The van der Waals surface area contributed by atoms with Gasteiger partial charge in [-0.2, -0.15) is 0 Å². The van der Waals surface area contributed by atoms with Gasteiger partial charge in [0.15, 0.2) is 0 Å². The predicted molar refractivity (Wildman–Crippen MR) is 61.4 cm³/mol. The van der Waals surface area contributed by atoms with Gasteiger partial charge in [-0.25, -0.2) is 4.39 Å². The number of halogens is 1. The van der Waals surface area contributed by atoms with Crippen molar-refractivity contribution >= 4 is 0 Å². The van der Waals surface area contributed by atoms with E-state index >= 15 is 0 Å². The standard InChI is InChI=1S/C13H20FN/c1-3-4-5-6-7-11(2)12-10-15-9-8-13(12)14/h8-11H,3-7H2,1-2H3. The topological polar surface area (TPSA) is 12.9 Å². The van der Waals surface area contributed by atoms with E-state index in [1.165, 1.54) is 37.9 Å². The zero-order chi connectivity index (χ0) is 11.1. The summed E-state index contributed by atoms with van der Waals surface area (Å²) in [5.41, 5.74) is 0.758. The van der Waals surface area contributed by atoms with Crippen LogP contribution in [0.15, 0.2) is 18.5 Å². The van der Waals surface area contributed by atoms with Gasteiger partial charge in [-0.05, 0) is 18.4 Å². The number of pyridine rings is 1. The maximum atomic E-state index is 13.4. The van der Waals surface area contributed by atoms with Crippen LogP contribution in [0.1, 0.15) is 57.4 Å². The van der Waals surface area contributed by atoms with Crippen LogP contribution < -0.4 is 0 Å². The number of hydrogen-bond acceptors (Lipinski definition) is 1. The lowest BCUT2D eigenvalue weighted by Gasteiger charge is -2.11. The number of hydrogen-bond donors (Lipinski definition) is 0. The molecule has 1 aromatic heterocycles. The summed E-state index contributed by atoms with van der Waals surface area (Å²) in [7, 11) is 0. The van der Waals surface area contributed by atoms with Crippen molar-refractivity contribution in [1.29, 1.82) is 0 Å². The third-order valence-corrected chi connectivity index (χ3v) is 2.82. The normalized spacial score (nSPS) is 12.7. The van der Waals surface area contributed by atoms with Gasteiger partial charge < -0.3 is 0 Å². The molecular weight excluding hydrogens is 189 g/mol. The van der Waals surface area contributed by atoms with Gasteiger partial charge in [0.2, 0.25) is 0 Å². The van der Waals surface area contributed by atoms with Crippen LogP contribution in [0.5, 0.6) is 0 Å². The number of unbranched alkanes of at least 4 members (excludes halogenated alkanes) is 3. The third-order valence-electron chi connectivity index (χ3n) is 2.82. The molecular formula is C13H20FN. The summed E-state index contributed by atoms with van der Waals surface area (Å²) in [6, 6.07) is 1.44. The van der Waals surface area contributed by atoms with E-state index < -0.39 is 0 Å². The molecule has 0 saturated heterocycles. The molecule has 1 aromatic rings. The fourth-order valence-electron chi connectivity index (χ4n) is 1.79. The van der Waals surface area contributed by atoms with Crippen LogP contribution in [0.25, 0.3) is 0 Å². The molecule has 84 valence electrons. The zero-order valence-electron chi connectivity index (χ0n) is 9.67. The maximum Gasteiger partial charge on any atom is 0.129 e. The van der Waals surface area contributed by atoms with Crippen LogP contribution in [0.4, 0.5) is 4.39 Å². The van der Waals surface area contributed by atoms with Crippen LogP contribution in [0.2, 0.25) is 0 Å². The Kier molecular flexibility index (Phi) is 5.30. The maximum absolute atomic E-state index is 13.4. The lowest BCUT2D eigenvalue weighted by atomic mass is 9.96. The summed E-state index contributed by atoms with van der Waals surface area (Å²) >= 11 is 0. The Balaban J connectivity index is 2.40. The quantitative estimate of drug-likeness (QED) is 0.637. The van der Waals surface area contributed by atoms with Crippen molar-refractivity contribution in [1.82, 2.24) is 4.98 Å². The molecule has 0 N–H and O–H groups in total. The fourth-order valence-corrected chi connectivity index (χ4v) is 1.79. The summed E-state index contributed by atoms with van der Waals surface area (Å²) < 4.78 is 13.4. The smallest absolute Gasteiger partial charge is 0.129 e. The summed E-state index contributed by atoms with van der Waals surface area (Å²) in [5, 5.41) is 0. The van der Waals surface area contributed by atoms with Gasteiger partial charge in [-0.1, -0.05) is 39.5 Å². The monoisotopic (exact) mass is 209 g/mol. The van der Waals surface area contributed by atoms with E-state index in [2.05, 4.69) is 18.8 Å². The van der Waals surface area contributed by atoms with E-state index in [0.29, 0.717) is 0 Å². The molecule has 0 spiro atoms. The highest BCUT2D eigenvalue weighted by Gasteiger charge is 2.09. The lowest BCUT2D eigenvalue weighted by molar-refractivity contribution is 0.541. The Morgan fingerprint density at radius 2 is 2.13 bits per heavy atom. The molecule has 1 rings (SSSR count). The van der Waals surface area contributed by atoms with Crippen LogP contribution in [0.3, 0.4) is 0 Å². The van der Waals surface area contributed by atoms with E-state index in [-0.39, 0.29) is 11.7 Å². The predicted octanol–water partition coefficient (Wildman–Crippen LogP) is 4.29. The van der Waals surface area contributed by atoms with E-state index in [4.69, 9.17) is 0 Å². The molecule has 0 aliphatic rings. The Morgan fingerprint density at radius 3 is 2.80 bits per heavy atom. The van der Waals surface area contributed by atoms with Crippen molar-refractivity contribution in [3.05, 3.63) is 29.8 Å². The highest BCUT2D eigenvalue weighted by Crippen LogP contribution is 2.23. The molecule has 1 heterocycles. The van der Waals surface area contributed by atoms with E-state index in [1.807, 2.05) is 0 Å². The second-order valence-electron chi connectivity index (χ2n) is 4.15. The minimum Gasteiger partial charge on any atom is -0.264 e. The van der Waals surface area contributed by atoms with Gasteiger partial charge in [0.25, 0.3) is 0 Å². The highest BCUT2D eigenvalue weighted by atomic mass is 19.1. The largest absolute Gasteiger partial charge is 0.264 e. The SMILES string of the molecule is CCCCCCC(C)c1cnccc1F. The van der Waals surface area contributed by atoms with Crippen molar-refractivity contribution in [2.45, 2.75) is 51.9 Å². The lowest BCUT2D eigenvalue weighted by Crippen LogP contribution is -1.98. The van der Waals surface area contributed by atoms with Gasteiger partial charge in [0.05, 0.1) is 0 Å². The minimum absolute atomic E-state index is 0.118. The van der Waals surface area contributed by atoms with Gasteiger partial charge in [-0.3, -0.25) is 4.98 Å². The van der Waals surface area contributed by atoms with Crippen LogP contribution >= 0.6 is 0 Å². The molecule has 0 aliphatic heterocycles. The van der Waals surface area contributed by atoms with Crippen LogP contribution in [0, 0.1) is 5.82 Å². The molecule has 0 saturated carbocycles. The van der Waals surface area contributed by atoms with E-state index in [1.54, 1.807) is 6.20 Å². The van der Waals surface area contributed by atoms with E-state index in [0.717, 1.165) is 12.0 Å². The molecule has 2 heteroatoms. The van der Waals surface area contributed by atoms with E-state index in [9.17, 15) is 4.39 Å². The Morgan fingerprint density at radius 1 is 1.33 bits per heavy atom. The first kappa shape index (κ1) is 12.2.